The first-order valence-corrected chi connectivity index (χ1v) is 8.82. The number of hydrogen-bond donors (Lipinski definition) is 1. The van der Waals surface area contributed by atoms with Crippen molar-refractivity contribution in [1.29, 1.82) is 0 Å². The van der Waals surface area contributed by atoms with Crippen molar-refractivity contribution in [3.05, 3.63) is 58.6 Å². The molecule has 2 aromatic carbocycles. The van der Waals surface area contributed by atoms with E-state index in [1.54, 1.807) is 41.3 Å². The SMILES string of the molecule is COC(=O)c1ccc(N2CC(C(=O)Nc3cc(Cl)ccc3C)CC2=O)cc1. The van der Waals surface area contributed by atoms with Crippen LogP contribution in [0.5, 0.6) is 0 Å². The topological polar surface area (TPSA) is 75.7 Å². The quantitative estimate of drug-likeness (QED) is 0.817. The molecule has 1 atom stereocenters. The molecule has 2 aromatic rings. The minimum absolute atomic E-state index is 0.129. The number of nitrogens with zero attached hydrogens (tertiary/aromatic N) is 1. The Morgan fingerprint density at radius 1 is 1.19 bits per heavy atom. The molecule has 1 fully saturated rings. The van der Waals surface area contributed by atoms with Crippen molar-refractivity contribution in [3.63, 3.8) is 0 Å². The molecule has 1 aliphatic rings. The molecule has 1 N–H and O–H groups in total. The maximum absolute atomic E-state index is 12.6. The number of ether oxygens (including phenoxy) is 1. The van der Waals surface area contributed by atoms with E-state index in [0.29, 0.717) is 22.0 Å². The zero-order chi connectivity index (χ0) is 19.6. The highest BCUT2D eigenvalue weighted by molar-refractivity contribution is 6.31. The molecule has 27 heavy (non-hydrogen) atoms. The average Bonchev–Trinajstić information content (AvgIpc) is 3.06. The Hall–Kier alpha value is -2.86. The van der Waals surface area contributed by atoms with E-state index in [4.69, 9.17) is 11.6 Å². The van der Waals surface area contributed by atoms with Gasteiger partial charge in [0.2, 0.25) is 11.8 Å². The Morgan fingerprint density at radius 2 is 1.89 bits per heavy atom. The van der Waals surface area contributed by atoms with E-state index in [1.165, 1.54) is 7.11 Å². The molecule has 1 heterocycles. The molecule has 0 aliphatic carbocycles. The molecule has 1 aliphatic heterocycles. The molecular weight excluding hydrogens is 368 g/mol. The van der Waals surface area contributed by atoms with Crippen LogP contribution in [0.4, 0.5) is 11.4 Å². The van der Waals surface area contributed by atoms with Crippen molar-refractivity contribution in [2.24, 2.45) is 5.92 Å². The number of carbonyl (C=O) groups is 3. The van der Waals surface area contributed by atoms with Gasteiger partial charge >= 0.3 is 5.97 Å². The third-order valence-electron chi connectivity index (χ3n) is 4.55. The zero-order valence-corrected chi connectivity index (χ0v) is 15.7. The van der Waals surface area contributed by atoms with Gasteiger partial charge in [0.05, 0.1) is 18.6 Å². The number of halogens is 1. The van der Waals surface area contributed by atoms with E-state index in [2.05, 4.69) is 10.1 Å². The summed E-state index contributed by atoms with van der Waals surface area (Å²) in [4.78, 5) is 38.0. The van der Waals surface area contributed by atoms with Crippen molar-refractivity contribution < 1.29 is 19.1 Å². The number of anilines is 2. The molecule has 7 heteroatoms. The summed E-state index contributed by atoms with van der Waals surface area (Å²) >= 11 is 5.99. The van der Waals surface area contributed by atoms with Gasteiger partial charge in [0.25, 0.3) is 0 Å². The fraction of sp³-hybridized carbons (Fsp3) is 0.250. The number of carbonyl (C=O) groups excluding carboxylic acids is 3. The van der Waals surface area contributed by atoms with Crippen molar-refractivity contribution in [2.75, 3.05) is 23.9 Å². The number of benzene rings is 2. The van der Waals surface area contributed by atoms with Crippen LogP contribution in [0.15, 0.2) is 42.5 Å². The summed E-state index contributed by atoms with van der Waals surface area (Å²) in [5.74, 6) is -1.26. The highest BCUT2D eigenvalue weighted by atomic mass is 35.5. The van der Waals surface area contributed by atoms with Crippen molar-refractivity contribution in [2.45, 2.75) is 13.3 Å². The second kappa shape index (κ2) is 7.80. The summed E-state index contributed by atoms with van der Waals surface area (Å²) in [5, 5.41) is 3.39. The lowest BCUT2D eigenvalue weighted by Crippen LogP contribution is -2.28. The van der Waals surface area contributed by atoms with Crippen LogP contribution in [0.2, 0.25) is 5.02 Å². The summed E-state index contributed by atoms with van der Waals surface area (Å²) < 4.78 is 4.66. The molecule has 0 bridgehead atoms. The number of methoxy groups -OCH3 is 1. The maximum atomic E-state index is 12.6. The Morgan fingerprint density at radius 3 is 2.56 bits per heavy atom. The zero-order valence-electron chi connectivity index (χ0n) is 15.0. The van der Waals surface area contributed by atoms with Crippen molar-refractivity contribution in [1.82, 2.24) is 0 Å². The molecule has 3 rings (SSSR count). The molecule has 140 valence electrons. The predicted octanol–water partition coefficient (Wildman–Crippen LogP) is 3.43. The highest BCUT2D eigenvalue weighted by Gasteiger charge is 2.35. The average molecular weight is 387 g/mol. The van der Waals surface area contributed by atoms with Gasteiger partial charge in [-0.05, 0) is 48.9 Å². The number of aryl methyl sites for hydroxylation is 1. The van der Waals surface area contributed by atoms with Crippen LogP contribution in [0, 0.1) is 12.8 Å². The van der Waals surface area contributed by atoms with Crippen LogP contribution >= 0.6 is 11.6 Å². The molecule has 2 amide bonds. The van der Waals surface area contributed by atoms with Gasteiger partial charge in [0, 0.05) is 29.4 Å². The molecule has 1 unspecified atom stereocenters. The Labute approximate surface area is 162 Å². The summed E-state index contributed by atoms with van der Waals surface area (Å²) in [7, 11) is 1.31. The summed E-state index contributed by atoms with van der Waals surface area (Å²) in [6.07, 6.45) is 0.129. The summed E-state index contributed by atoms with van der Waals surface area (Å²) in [5.41, 5.74) is 2.58. The smallest absolute Gasteiger partial charge is 0.337 e. The summed E-state index contributed by atoms with van der Waals surface area (Å²) in [6.45, 7) is 2.16. The lowest BCUT2D eigenvalue weighted by Gasteiger charge is -2.17. The van der Waals surface area contributed by atoms with E-state index < -0.39 is 11.9 Å². The molecule has 1 saturated heterocycles. The predicted molar refractivity (Wildman–Crippen MR) is 103 cm³/mol. The fourth-order valence-corrected chi connectivity index (χ4v) is 3.16. The van der Waals surface area contributed by atoms with Crippen LogP contribution in [0.25, 0.3) is 0 Å². The van der Waals surface area contributed by atoms with Gasteiger partial charge in [-0.2, -0.15) is 0 Å². The lowest BCUT2D eigenvalue weighted by atomic mass is 10.1. The number of esters is 1. The van der Waals surface area contributed by atoms with Gasteiger partial charge in [0.15, 0.2) is 0 Å². The standard InChI is InChI=1S/C20H19ClN2O4/c1-12-3-6-15(21)10-17(12)22-19(25)14-9-18(24)23(11-14)16-7-4-13(5-8-16)20(26)27-2/h3-8,10,14H,9,11H2,1-2H3,(H,22,25). The monoisotopic (exact) mass is 386 g/mol. The van der Waals surface area contributed by atoms with Crippen LogP contribution in [-0.4, -0.2) is 31.4 Å². The van der Waals surface area contributed by atoms with Gasteiger partial charge in [-0.3, -0.25) is 9.59 Å². The number of hydrogen-bond acceptors (Lipinski definition) is 4. The van der Waals surface area contributed by atoms with E-state index >= 15 is 0 Å². The third-order valence-corrected chi connectivity index (χ3v) is 4.79. The first-order chi connectivity index (χ1) is 12.9. The molecule has 0 aromatic heterocycles. The molecule has 6 nitrogen and oxygen atoms in total. The Bertz CT molecular complexity index is 895. The second-order valence-corrected chi connectivity index (χ2v) is 6.83. The molecule has 0 radical (unpaired) electrons. The fourth-order valence-electron chi connectivity index (χ4n) is 2.99. The van der Waals surface area contributed by atoms with Gasteiger partial charge in [0.1, 0.15) is 0 Å². The minimum Gasteiger partial charge on any atom is -0.465 e. The first-order valence-electron chi connectivity index (χ1n) is 8.45. The minimum atomic E-state index is -0.462. The van der Waals surface area contributed by atoms with E-state index in [1.807, 2.05) is 13.0 Å². The number of rotatable bonds is 4. The molecule has 0 saturated carbocycles. The third kappa shape index (κ3) is 4.11. The summed E-state index contributed by atoms with van der Waals surface area (Å²) in [6, 6.07) is 11.8. The molecule has 0 spiro atoms. The van der Waals surface area contributed by atoms with E-state index in [9.17, 15) is 14.4 Å². The van der Waals surface area contributed by atoms with Gasteiger partial charge in [-0.1, -0.05) is 17.7 Å². The largest absolute Gasteiger partial charge is 0.465 e. The van der Waals surface area contributed by atoms with Crippen molar-refractivity contribution in [3.8, 4) is 0 Å². The van der Waals surface area contributed by atoms with E-state index in [-0.39, 0.29) is 24.8 Å². The Kier molecular flexibility index (Phi) is 5.46. The highest BCUT2D eigenvalue weighted by Crippen LogP contribution is 2.27. The van der Waals surface area contributed by atoms with Crippen LogP contribution in [0.1, 0.15) is 22.3 Å². The number of amides is 2. The van der Waals surface area contributed by atoms with Crippen LogP contribution < -0.4 is 10.2 Å². The van der Waals surface area contributed by atoms with Crippen LogP contribution in [0.3, 0.4) is 0 Å². The number of nitrogens with one attached hydrogen (secondary N) is 1. The van der Waals surface area contributed by atoms with Crippen LogP contribution in [-0.2, 0) is 14.3 Å². The van der Waals surface area contributed by atoms with Gasteiger partial charge in [-0.15, -0.1) is 0 Å². The maximum Gasteiger partial charge on any atom is 0.337 e. The van der Waals surface area contributed by atoms with Gasteiger partial charge < -0.3 is 15.0 Å². The lowest BCUT2D eigenvalue weighted by molar-refractivity contribution is -0.122. The van der Waals surface area contributed by atoms with Crippen molar-refractivity contribution >= 4 is 40.8 Å². The van der Waals surface area contributed by atoms with E-state index in [0.717, 1.165) is 5.56 Å². The first kappa shape index (κ1) is 18.9. The normalized spacial score (nSPS) is 16.3. The molecular formula is C20H19ClN2O4. The Balaban J connectivity index is 1.70. The second-order valence-electron chi connectivity index (χ2n) is 6.39. The van der Waals surface area contributed by atoms with Gasteiger partial charge in [-0.25, -0.2) is 4.79 Å².